The molecule has 2 aliphatic heterocycles. The quantitative estimate of drug-likeness (QED) is 0.750. The first-order valence-corrected chi connectivity index (χ1v) is 10.4. The Morgan fingerprint density at radius 1 is 1.27 bits per heavy atom. The molecule has 0 aliphatic carbocycles. The minimum absolute atomic E-state index is 0.141. The van der Waals surface area contributed by atoms with Crippen molar-refractivity contribution in [1.82, 2.24) is 14.2 Å². The molecule has 144 valence electrons. The first-order valence-electron chi connectivity index (χ1n) is 8.89. The van der Waals surface area contributed by atoms with Crippen LogP contribution in [0.5, 0.6) is 0 Å². The zero-order valence-corrected chi connectivity index (χ0v) is 16.1. The number of hydrogen-bond acceptors (Lipinski definition) is 6. The maximum absolute atomic E-state index is 12.9. The van der Waals surface area contributed by atoms with E-state index in [2.05, 4.69) is 4.98 Å². The lowest BCUT2D eigenvalue weighted by atomic mass is 10.1. The molecule has 0 saturated carbocycles. The van der Waals surface area contributed by atoms with E-state index in [1.165, 1.54) is 4.31 Å². The van der Waals surface area contributed by atoms with Gasteiger partial charge in [0.05, 0.1) is 18.5 Å². The highest BCUT2D eigenvalue weighted by Gasteiger charge is 2.37. The van der Waals surface area contributed by atoms with Gasteiger partial charge in [-0.1, -0.05) is 0 Å². The predicted molar refractivity (Wildman–Crippen MR) is 98.8 cm³/mol. The summed E-state index contributed by atoms with van der Waals surface area (Å²) in [4.78, 5) is 20.6. The lowest BCUT2D eigenvalue weighted by molar-refractivity contribution is 0.0686. The molecule has 1 aromatic heterocycles. The van der Waals surface area contributed by atoms with Crippen molar-refractivity contribution in [3.05, 3.63) is 23.9 Å². The zero-order chi connectivity index (χ0) is 18.7. The molecule has 0 radical (unpaired) electrons. The molecule has 8 nitrogen and oxygen atoms in total. The van der Waals surface area contributed by atoms with Crippen LogP contribution in [0.4, 0.5) is 5.82 Å². The van der Waals surface area contributed by atoms with Gasteiger partial charge in [-0.15, -0.1) is 0 Å². The number of carbonyl (C=O) groups excluding carboxylic acids is 1. The minimum Gasteiger partial charge on any atom is -0.379 e. The van der Waals surface area contributed by atoms with Crippen LogP contribution in [0.25, 0.3) is 0 Å². The highest BCUT2D eigenvalue weighted by atomic mass is 32.2. The zero-order valence-electron chi connectivity index (χ0n) is 15.3. The van der Waals surface area contributed by atoms with E-state index in [0.29, 0.717) is 57.1 Å². The average Bonchev–Trinajstić information content (AvgIpc) is 2.68. The van der Waals surface area contributed by atoms with Gasteiger partial charge in [-0.3, -0.25) is 4.79 Å². The molecule has 0 aromatic carbocycles. The Balaban J connectivity index is 1.73. The lowest BCUT2D eigenvalue weighted by Gasteiger charge is -2.36. The van der Waals surface area contributed by atoms with Crippen molar-refractivity contribution in [2.45, 2.75) is 18.1 Å². The molecule has 2 aliphatic rings. The van der Waals surface area contributed by atoms with E-state index in [9.17, 15) is 13.2 Å². The Kier molecular flexibility index (Phi) is 5.79. The molecule has 9 heteroatoms. The Morgan fingerprint density at radius 3 is 2.69 bits per heavy atom. The number of piperidine rings is 1. The summed E-state index contributed by atoms with van der Waals surface area (Å²) < 4.78 is 32.6. The Bertz CT molecular complexity index is 747. The number of ether oxygens (including phenoxy) is 1. The van der Waals surface area contributed by atoms with Gasteiger partial charge in [-0.25, -0.2) is 13.4 Å². The van der Waals surface area contributed by atoms with E-state index in [1.54, 1.807) is 23.2 Å². The summed E-state index contributed by atoms with van der Waals surface area (Å²) in [6.45, 7) is 2.45. The Morgan fingerprint density at radius 2 is 2.00 bits per heavy atom. The van der Waals surface area contributed by atoms with Gasteiger partial charge in [0, 0.05) is 52.0 Å². The predicted octanol–water partition coefficient (Wildman–Crippen LogP) is 0.414. The molecule has 3 rings (SSSR count). The standard InChI is InChI=1S/C17H26N4O4S/c1-19(2)16-12-14(5-6-18-16)17(22)20-7-3-4-15(13-20)26(23,24)21-8-10-25-11-9-21/h5-6,12,15H,3-4,7-11,13H2,1-2H3/t15-/m1/s1. The van der Waals surface area contributed by atoms with Crippen LogP contribution in [-0.2, 0) is 14.8 Å². The van der Waals surface area contributed by atoms with Crippen LogP contribution in [0, 0.1) is 0 Å². The minimum atomic E-state index is -3.42. The number of morpholine rings is 1. The van der Waals surface area contributed by atoms with Crippen LogP contribution in [0.15, 0.2) is 18.3 Å². The molecule has 1 aromatic rings. The summed E-state index contributed by atoms with van der Waals surface area (Å²) in [5.74, 6) is 0.558. The Hall–Kier alpha value is -1.71. The van der Waals surface area contributed by atoms with E-state index in [-0.39, 0.29) is 12.5 Å². The van der Waals surface area contributed by atoms with Crippen molar-refractivity contribution < 1.29 is 17.9 Å². The first-order chi connectivity index (χ1) is 12.4. The molecule has 0 unspecified atom stereocenters. The number of likely N-dealkylation sites (tertiary alicyclic amines) is 1. The lowest BCUT2D eigenvalue weighted by Crippen LogP contribution is -2.51. The number of amides is 1. The monoisotopic (exact) mass is 382 g/mol. The van der Waals surface area contributed by atoms with Crippen LogP contribution in [-0.4, -0.2) is 87.3 Å². The number of rotatable bonds is 4. The van der Waals surface area contributed by atoms with Crippen molar-refractivity contribution in [2.24, 2.45) is 0 Å². The van der Waals surface area contributed by atoms with Gasteiger partial charge in [0.1, 0.15) is 5.82 Å². The molecular weight excluding hydrogens is 356 g/mol. The molecule has 2 fully saturated rings. The fourth-order valence-corrected chi connectivity index (χ4v) is 5.27. The molecule has 0 bridgehead atoms. The number of carbonyl (C=O) groups is 1. The van der Waals surface area contributed by atoms with Gasteiger partial charge in [0.25, 0.3) is 5.91 Å². The summed E-state index contributed by atoms with van der Waals surface area (Å²) in [5.41, 5.74) is 0.535. The number of aromatic nitrogens is 1. The van der Waals surface area contributed by atoms with Gasteiger partial charge in [-0.05, 0) is 25.0 Å². The van der Waals surface area contributed by atoms with Crippen molar-refractivity contribution >= 4 is 21.7 Å². The maximum atomic E-state index is 12.9. The third kappa shape index (κ3) is 3.99. The third-order valence-electron chi connectivity index (χ3n) is 4.87. The van der Waals surface area contributed by atoms with Gasteiger partial charge >= 0.3 is 0 Å². The Labute approximate surface area is 154 Å². The van der Waals surface area contributed by atoms with E-state index < -0.39 is 15.3 Å². The summed E-state index contributed by atoms with van der Waals surface area (Å²) in [7, 11) is 0.311. The highest BCUT2D eigenvalue weighted by molar-refractivity contribution is 7.89. The van der Waals surface area contributed by atoms with Crippen LogP contribution in [0.3, 0.4) is 0 Å². The summed E-state index contributed by atoms with van der Waals surface area (Å²) in [5, 5.41) is -0.548. The number of nitrogens with zero attached hydrogens (tertiary/aromatic N) is 4. The first kappa shape index (κ1) is 19.1. The van der Waals surface area contributed by atoms with Crippen molar-refractivity contribution in [1.29, 1.82) is 0 Å². The topological polar surface area (TPSA) is 83.1 Å². The third-order valence-corrected chi connectivity index (χ3v) is 7.18. The van der Waals surface area contributed by atoms with Crippen molar-refractivity contribution in [2.75, 3.05) is 58.4 Å². The van der Waals surface area contributed by atoms with Gasteiger partial charge in [-0.2, -0.15) is 4.31 Å². The molecule has 0 spiro atoms. The highest BCUT2D eigenvalue weighted by Crippen LogP contribution is 2.23. The summed E-state index contributed by atoms with van der Waals surface area (Å²) in [6.07, 6.45) is 2.88. The second kappa shape index (κ2) is 7.89. The second-order valence-corrected chi connectivity index (χ2v) is 9.08. The number of hydrogen-bond donors (Lipinski definition) is 0. The number of sulfonamides is 1. The summed E-state index contributed by atoms with van der Waals surface area (Å²) in [6, 6.07) is 3.41. The molecule has 26 heavy (non-hydrogen) atoms. The van der Waals surface area contributed by atoms with E-state index >= 15 is 0 Å². The fraction of sp³-hybridized carbons (Fsp3) is 0.647. The molecule has 1 amide bonds. The van der Waals surface area contributed by atoms with Crippen LogP contribution >= 0.6 is 0 Å². The van der Waals surface area contributed by atoms with Crippen molar-refractivity contribution in [3.8, 4) is 0 Å². The fourth-order valence-electron chi connectivity index (χ4n) is 3.36. The molecule has 1 atom stereocenters. The van der Waals surface area contributed by atoms with E-state index in [0.717, 1.165) is 0 Å². The molecule has 3 heterocycles. The van der Waals surface area contributed by atoms with E-state index in [4.69, 9.17) is 4.74 Å². The van der Waals surface area contributed by atoms with Gasteiger partial charge in [0.15, 0.2) is 0 Å². The molecule has 0 N–H and O–H groups in total. The largest absolute Gasteiger partial charge is 0.379 e. The molecule has 2 saturated heterocycles. The number of anilines is 1. The van der Waals surface area contributed by atoms with Crippen LogP contribution in [0.1, 0.15) is 23.2 Å². The molecular formula is C17H26N4O4S. The van der Waals surface area contributed by atoms with Crippen LogP contribution in [0.2, 0.25) is 0 Å². The smallest absolute Gasteiger partial charge is 0.254 e. The van der Waals surface area contributed by atoms with Crippen molar-refractivity contribution in [3.63, 3.8) is 0 Å². The summed E-state index contributed by atoms with van der Waals surface area (Å²) >= 11 is 0. The number of pyridine rings is 1. The second-order valence-electron chi connectivity index (χ2n) is 6.87. The maximum Gasteiger partial charge on any atom is 0.254 e. The SMILES string of the molecule is CN(C)c1cc(C(=O)N2CCC[C@@H](S(=O)(=O)N3CCOCC3)C2)ccn1. The average molecular weight is 382 g/mol. The van der Waals surface area contributed by atoms with E-state index in [1.807, 2.05) is 19.0 Å². The van der Waals surface area contributed by atoms with Crippen LogP contribution < -0.4 is 4.90 Å². The normalized spacial score (nSPS) is 22.2. The van der Waals surface area contributed by atoms with Gasteiger partial charge < -0.3 is 14.5 Å². The van der Waals surface area contributed by atoms with Gasteiger partial charge in [0.2, 0.25) is 10.0 Å².